The molecule has 48 valence electrons. The van der Waals surface area contributed by atoms with Gasteiger partial charge in [-0.3, -0.25) is 0 Å². The zero-order valence-electron chi connectivity index (χ0n) is 5.70. The number of hydrogen-bond acceptors (Lipinski definition) is 0. The van der Waals surface area contributed by atoms with Crippen molar-refractivity contribution in [2.24, 2.45) is 0 Å². The molecule has 0 saturated heterocycles. The van der Waals surface area contributed by atoms with Gasteiger partial charge in [0.1, 0.15) is 0 Å². The van der Waals surface area contributed by atoms with Gasteiger partial charge in [0.25, 0.3) is 0 Å². The normalized spacial score (nSPS) is 18.6. The molecule has 0 N–H and O–H groups in total. The Balaban J connectivity index is 2.28. The summed E-state index contributed by atoms with van der Waals surface area (Å²) in [6.45, 7) is 0. The molecule has 0 atom stereocenters. The molecule has 1 aliphatic carbocycles. The van der Waals surface area contributed by atoms with E-state index in [1.54, 1.807) is 5.57 Å². The molecular weight excluding hydrogens is 320 g/mol. The molecule has 0 aromatic heterocycles. The van der Waals surface area contributed by atoms with Crippen molar-refractivity contribution in [2.45, 2.75) is 29.6 Å². The van der Waals surface area contributed by atoms with Crippen molar-refractivity contribution in [2.75, 3.05) is 0 Å². The predicted molar refractivity (Wildman–Crippen MR) is 37.2 cm³/mol. The van der Waals surface area contributed by atoms with Gasteiger partial charge in [0.15, 0.2) is 0 Å². The molecule has 1 rings (SSSR count). The number of allylic oxidation sites excluding steroid dienone is 2. The summed E-state index contributed by atoms with van der Waals surface area (Å²) >= 11 is -0.842. The fourth-order valence-electron chi connectivity index (χ4n) is 1.25. The Morgan fingerprint density at radius 3 is 3.00 bits per heavy atom. The Kier molecular flexibility index (Phi) is 4.24. The molecule has 0 fully saturated rings. The molecule has 9 heavy (non-hydrogen) atoms. The van der Waals surface area contributed by atoms with E-state index in [4.69, 9.17) is 8.25 Å². The van der Waals surface area contributed by atoms with Crippen LogP contribution in [-0.4, -0.2) is 0 Å². The van der Waals surface area contributed by atoms with Crippen molar-refractivity contribution >= 4 is 8.25 Å². The number of hydrogen-bond donors (Lipinski definition) is 0. The average Bonchev–Trinajstić information content (AvgIpc) is 1.91. The second-order valence-electron chi connectivity index (χ2n) is 2.55. The van der Waals surface area contributed by atoms with Crippen LogP contribution in [0.15, 0.2) is 11.6 Å². The third-order valence-electron chi connectivity index (χ3n) is 1.80. The van der Waals surface area contributed by atoms with Crippen LogP contribution in [0.2, 0.25) is 3.93 Å². The average molecular weight is 331 g/mol. The van der Waals surface area contributed by atoms with E-state index in [1.165, 1.54) is 29.6 Å². The van der Waals surface area contributed by atoms with Gasteiger partial charge in [0.2, 0.25) is 0 Å². The van der Waals surface area contributed by atoms with Crippen LogP contribution in [0.1, 0.15) is 25.7 Å². The molecule has 0 nitrogen and oxygen atoms in total. The molecule has 1 aliphatic rings. The summed E-state index contributed by atoms with van der Waals surface area (Å²) < 4.78 is 1.33. The molecule has 2 heteroatoms. The quantitative estimate of drug-likeness (QED) is 0.539. The fourth-order valence-corrected chi connectivity index (χ4v) is 6.09. The number of halogens is 1. The van der Waals surface area contributed by atoms with E-state index in [-0.39, 0.29) is 0 Å². The van der Waals surface area contributed by atoms with Gasteiger partial charge in [0, 0.05) is 0 Å². The van der Waals surface area contributed by atoms with E-state index in [2.05, 4.69) is 6.08 Å². The van der Waals surface area contributed by atoms with E-state index in [9.17, 15) is 0 Å². The van der Waals surface area contributed by atoms with Crippen LogP contribution in [0.25, 0.3) is 0 Å². The van der Waals surface area contributed by atoms with Gasteiger partial charge < -0.3 is 0 Å². The molecule has 0 bridgehead atoms. The van der Waals surface area contributed by atoms with Crippen LogP contribution in [0.5, 0.6) is 0 Å². The van der Waals surface area contributed by atoms with Crippen molar-refractivity contribution in [3.05, 3.63) is 11.6 Å². The molecule has 0 amide bonds. The minimum atomic E-state index is -0.842. The Bertz CT molecular complexity index is 109. The first-order chi connectivity index (χ1) is 4.43. The second kappa shape index (κ2) is 4.73. The van der Waals surface area contributed by atoms with Crippen molar-refractivity contribution < 1.29 is 23.3 Å². The van der Waals surface area contributed by atoms with Gasteiger partial charge in [-0.15, -0.1) is 0 Å². The van der Waals surface area contributed by atoms with E-state index in [0.717, 1.165) is 0 Å². The predicted octanol–water partition coefficient (Wildman–Crippen LogP) is 3.14. The third kappa shape index (κ3) is 3.04. The van der Waals surface area contributed by atoms with Gasteiger partial charge in [-0.2, -0.15) is 0 Å². The van der Waals surface area contributed by atoms with Crippen LogP contribution in [0.3, 0.4) is 0 Å². The summed E-state index contributed by atoms with van der Waals surface area (Å²) in [7, 11) is 5.82. The third-order valence-corrected chi connectivity index (χ3v) is 6.69. The molecule has 0 spiro atoms. The van der Waals surface area contributed by atoms with Crippen molar-refractivity contribution in [1.29, 1.82) is 0 Å². The van der Waals surface area contributed by atoms with E-state index < -0.39 is 23.3 Å². The number of rotatable bonds is 2. The Morgan fingerprint density at radius 2 is 2.44 bits per heavy atom. The van der Waals surface area contributed by atoms with Gasteiger partial charge in [-0.05, 0) is 0 Å². The molecule has 0 saturated carbocycles. The van der Waals surface area contributed by atoms with E-state index in [1.807, 2.05) is 0 Å². The Hall–Kier alpha value is 0.965. The molecule has 0 heterocycles. The summed E-state index contributed by atoms with van der Waals surface area (Å²) in [5.41, 5.74) is 1.68. The monoisotopic (exact) mass is 332 g/mol. The van der Waals surface area contributed by atoms with Crippen molar-refractivity contribution in [3.8, 4) is 0 Å². The topological polar surface area (TPSA) is 0 Å². The first kappa shape index (κ1) is 8.07. The maximum atomic E-state index is 5.82. The van der Waals surface area contributed by atoms with Crippen LogP contribution in [0, 0.1) is 0 Å². The maximum absolute atomic E-state index is 5.82. The van der Waals surface area contributed by atoms with Crippen molar-refractivity contribution in [3.63, 3.8) is 0 Å². The molecule has 0 radical (unpaired) electrons. The second-order valence-corrected chi connectivity index (χ2v) is 9.28. The summed E-state index contributed by atoms with van der Waals surface area (Å²) in [4.78, 5) is 0. The molecular formula is C7H11ClHg. The first-order valence-corrected chi connectivity index (χ1v) is 14.3. The fraction of sp³-hybridized carbons (Fsp3) is 0.714. The molecule has 0 aliphatic heterocycles. The Morgan fingerprint density at radius 1 is 1.56 bits per heavy atom. The summed E-state index contributed by atoms with van der Waals surface area (Å²) in [6, 6.07) is 0. The minimum absolute atomic E-state index is 0.842. The molecule has 0 aromatic rings. The SMILES string of the molecule is [Cl][Hg][CH2]C1=CCCCC1. The molecule has 0 aromatic carbocycles. The van der Waals surface area contributed by atoms with Gasteiger partial charge in [0.05, 0.1) is 0 Å². The standard InChI is InChI=1S/C7H11.ClH.Hg/c1-7-5-3-2-4-6-7;;/h5H,1-4,6H2;1H;/q;;+1/p-1. The summed E-state index contributed by atoms with van der Waals surface area (Å²) in [5.74, 6) is 0. The Labute approximate surface area is 72.5 Å². The zero-order valence-corrected chi connectivity index (χ0v) is 12.0. The van der Waals surface area contributed by atoms with Crippen LogP contribution < -0.4 is 0 Å². The first-order valence-electron chi connectivity index (χ1n) is 3.67. The van der Waals surface area contributed by atoms with E-state index >= 15 is 0 Å². The van der Waals surface area contributed by atoms with Gasteiger partial charge >= 0.3 is 72.9 Å². The van der Waals surface area contributed by atoms with Crippen LogP contribution in [0.4, 0.5) is 0 Å². The van der Waals surface area contributed by atoms with Crippen LogP contribution >= 0.6 is 8.25 Å². The van der Waals surface area contributed by atoms with Gasteiger partial charge in [-0.1, -0.05) is 0 Å². The van der Waals surface area contributed by atoms with Crippen LogP contribution in [-0.2, 0) is 23.3 Å². The molecule has 0 unspecified atom stereocenters. The van der Waals surface area contributed by atoms with Gasteiger partial charge in [-0.25, -0.2) is 0 Å². The van der Waals surface area contributed by atoms with E-state index in [0.29, 0.717) is 0 Å². The summed E-state index contributed by atoms with van der Waals surface area (Å²) in [6.07, 6.45) is 7.90. The van der Waals surface area contributed by atoms with Crippen molar-refractivity contribution in [1.82, 2.24) is 0 Å². The zero-order chi connectivity index (χ0) is 6.53. The summed E-state index contributed by atoms with van der Waals surface area (Å²) in [5, 5.41) is 0.